The fourth-order valence-electron chi connectivity index (χ4n) is 11.5. The quantitative estimate of drug-likeness (QED) is 0.102. The molecule has 6 aliphatic rings. The zero-order chi connectivity index (χ0) is 45.6. The Morgan fingerprint density at radius 1 is 0.857 bits per heavy atom. The van der Waals surface area contributed by atoms with Crippen LogP contribution in [0, 0.1) is 34.5 Å². The number of hydrogen-bond donors (Lipinski definition) is 5. The molecule has 17 atom stereocenters. The van der Waals surface area contributed by atoms with E-state index in [0.717, 1.165) is 32.6 Å². The van der Waals surface area contributed by atoms with Gasteiger partial charge < -0.3 is 63.4 Å². The maximum absolute atomic E-state index is 13.6. The Balaban J connectivity index is 1.17. The second-order valence-electron chi connectivity index (χ2n) is 19.6. The average Bonchev–Trinajstić information content (AvgIpc) is 3.46. The van der Waals surface area contributed by atoms with Crippen molar-refractivity contribution in [1.29, 1.82) is 0 Å². The largest absolute Gasteiger partial charge is 0.497 e. The molecule has 0 amide bonds. The van der Waals surface area contributed by atoms with E-state index in [1.165, 1.54) is 24.8 Å². The third kappa shape index (κ3) is 9.36. The number of rotatable bonds is 14. The van der Waals surface area contributed by atoms with E-state index < -0.39 is 91.2 Å². The molecule has 0 spiro atoms. The Hall–Kier alpha value is -3.03. The van der Waals surface area contributed by atoms with Crippen molar-refractivity contribution in [2.45, 2.75) is 173 Å². The average molecular weight is 889 g/mol. The third-order valence-electron chi connectivity index (χ3n) is 15.3. The minimum atomic E-state index is -2.02. The van der Waals surface area contributed by atoms with E-state index in [0.29, 0.717) is 31.4 Å². The molecule has 16 nitrogen and oxygen atoms in total. The van der Waals surface area contributed by atoms with E-state index in [-0.39, 0.29) is 59.6 Å². The summed E-state index contributed by atoms with van der Waals surface area (Å²) in [5, 5.41) is 56.8. The molecule has 4 aliphatic carbocycles. The zero-order valence-corrected chi connectivity index (χ0v) is 37.6. The monoisotopic (exact) mass is 888 g/mol. The number of hydrogen-bond acceptors (Lipinski definition) is 16. The van der Waals surface area contributed by atoms with Gasteiger partial charge in [-0.3, -0.25) is 9.59 Å². The molecule has 0 aromatic heterocycles. The van der Waals surface area contributed by atoms with Gasteiger partial charge >= 0.3 is 11.9 Å². The number of carbonyl (C=O) groups excluding carboxylic acids is 3. The number of fused-ring (bicyclic) bond motifs is 5. The van der Waals surface area contributed by atoms with E-state index in [1.54, 1.807) is 19.1 Å². The third-order valence-corrected chi connectivity index (χ3v) is 15.3. The summed E-state index contributed by atoms with van der Waals surface area (Å²) in [7, 11) is 1.48. The number of allylic oxidation sites excluding steroid dienone is 1. The summed E-state index contributed by atoms with van der Waals surface area (Å²) in [5.74, 6) is -2.77. The second-order valence-corrected chi connectivity index (χ2v) is 19.6. The molecule has 3 saturated carbocycles. The van der Waals surface area contributed by atoms with Gasteiger partial charge in [-0.2, -0.15) is 0 Å². The van der Waals surface area contributed by atoms with Gasteiger partial charge in [0.25, 0.3) is 0 Å². The summed E-state index contributed by atoms with van der Waals surface area (Å²) in [4.78, 5) is 39.7. The molecular formula is C47H68O16. The highest BCUT2D eigenvalue weighted by atomic mass is 16.8. The summed E-state index contributed by atoms with van der Waals surface area (Å²) in [5.41, 5.74) is 0.397. The van der Waals surface area contributed by atoms with Crippen LogP contribution in [0.25, 0.3) is 0 Å². The van der Waals surface area contributed by atoms with Gasteiger partial charge in [0, 0.05) is 18.8 Å². The van der Waals surface area contributed by atoms with Crippen molar-refractivity contribution in [3.8, 4) is 5.75 Å². The Labute approximate surface area is 369 Å². The Kier molecular flexibility index (Phi) is 14.5. The normalized spacial score (nSPS) is 41.7. The lowest BCUT2D eigenvalue weighted by atomic mass is 9.47. The predicted molar refractivity (Wildman–Crippen MR) is 223 cm³/mol. The summed E-state index contributed by atoms with van der Waals surface area (Å²) in [6.07, 6.45) is -6.79. The predicted octanol–water partition coefficient (Wildman–Crippen LogP) is 3.75. The van der Waals surface area contributed by atoms with Gasteiger partial charge in [-0.25, -0.2) is 4.79 Å². The van der Waals surface area contributed by atoms with Gasteiger partial charge in [-0.05, 0) is 112 Å². The highest BCUT2D eigenvalue weighted by Gasteiger charge is 2.70. The Morgan fingerprint density at radius 3 is 2.21 bits per heavy atom. The molecule has 0 bridgehead atoms. The van der Waals surface area contributed by atoms with Crippen LogP contribution >= 0.6 is 0 Å². The van der Waals surface area contributed by atoms with Crippen molar-refractivity contribution in [2.75, 3.05) is 20.3 Å². The molecule has 2 aliphatic heterocycles. The lowest BCUT2D eigenvalue weighted by Gasteiger charge is -2.58. The first-order valence-electron chi connectivity index (χ1n) is 22.7. The first-order chi connectivity index (χ1) is 29.8. The van der Waals surface area contributed by atoms with Crippen LogP contribution < -0.4 is 4.74 Å². The fraction of sp³-hybridized carbons (Fsp3) is 0.766. The van der Waals surface area contributed by atoms with Gasteiger partial charge in [0.1, 0.15) is 42.4 Å². The molecule has 16 heteroatoms. The zero-order valence-electron chi connectivity index (χ0n) is 37.6. The molecular weight excluding hydrogens is 821 g/mol. The van der Waals surface area contributed by atoms with Gasteiger partial charge in [0.05, 0.1) is 32.0 Å². The van der Waals surface area contributed by atoms with Gasteiger partial charge in [-0.1, -0.05) is 39.3 Å². The van der Waals surface area contributed by atoms with Crippen LogP contribution in [-0.2, 0) is 42.7 Å². The summed E-state index contributed by atoms with van der Waals surface area (Å²) in [6.45, 7) is 10.4. The maximum Gasteiger partial charge on any atom is 0.338 e. The number of methoxy groups -OCH3 is 1. The minimum absolute atomic E-state index is 0.110. The van der Waals surface area contributed by atoms with Crippen LogP contribution in [0.5, 0.6) is 5.75 Å². The van der Waals surface area contributed by atoms with Crippen LogP contribution in [0.15, 0.2) is 35.9 Å². The van der Waals surface area contributed by atoms with Crippen LogP contribution in [0.1, 0.15) is 110 Å². The lowest BCUT2D eigenvalue weighted by Crippen LogP contribution is -2.63. The van der Waals surface area contributed by atoms with Gasteiger partial charge in [0.15, 0.2) is 36.4 Å². The van der Waals surface area contributed by atoms with Crippen molar-refractivity contribution in [3.63, 3.8) is 0 Å². The number of ether oxygens (including phenoxy) is 8. The van der Waals surface area contributed by atoms with E-state index >= 15 is 0 Å². The molecule has 63 heavy (non-hydrogen) atoms. The summed E-state index contributed by atoms with van der Waals surface area (Å²) in [6, 6.07) is 6.02. The van der Waals surface area contributed by atoms with Crippen molar-refractivity contribution in [1.82, 2.24) is 0 Å². The van der Waals surface area contributed by atoms with E-state index in [2.05, 4.69) is 13.0 Å². The number of esters is 2. The molecule has 1 aromatic carbocycles. The molecule has 7 rings (SSSR count). The highest BCUT2D eigenvalue weighted by molar-refractivity contribution is 5.89. The number of aliphatic hydroxyl groups is 5. The van der Waals surface area contributed by atoms with Gasteiger partial charge in [-0.15, -0.1) is 0 Å². The molecule has 5 fully saturated rings. The number of carbonyl (C=O) groups is 3. The maximum atomic E-state index is 13.6. The minimum Gasteiger partial charge on any atom is -0.497 e. The fourth-order valence-corrected chi connectivity index (χ4v) is 11.5. The van der Waals surface area contributed by atoms with Crippen molar-refractivity contribution in [3.05, 3.63) is 41.5 Å². The lowest BCUT2D eigenvalue weighted by molar-refractivity contribution is -0.368. The number of benzene rings is 1. The first kappa shape index (κ1) is 47.9. The van der Waals surface area contributed by atoms with E-state index in [1.807, 2.05) is 20.8 Å². The summed E-state index contributed by atoms with van der Waals surface area (Å²) < 4.78 is 48.1. The van der Waals surface area contributed by atoms with Crippen LogP contribution in [0.3, 0.4) is 0 Å². The standard InChI is InChI=1S/C47H68O16/c1-24(2)8-15-34(50)25(3)63-47(55)37(21-33-31-14-11-28-20-29(49)16-18-45(28,5)32(31)17-19-46(33,47)6)60-44-41(59-26(4)48)39(36(52)23-58-44)62-43-40(38(53)35(51)22-57-43)61-42(54)27-9-12-30(56-7)13-10-27/h9-13,24-25,29,31-33,35-41,43-44,49,51-53,55H,8,14-23H2,1-7H3. The first-order valence-corrected chi connectivity index (χ1v) is 22.7. The Morgan fingerprint density at radius 2 is 1.54 bits per heavy atom. The van der Waals surface area contributed by atoms with Crippen LogP contribution in [0.4, 0.5) is 0 Å². The SMILES string of the molecule is COc1ccc(C(=O)OC2C(OC3C(O)COC(OC4CC5C6CC=C7CC(O)CCC7(C)C6CCC5(C)C4(O)OC(C)C(=O)CCC(C)C)C3OC(C)=O)OCC(O)C2O)cc1. The molecule has 1 aromatic rings. The molecule has 2 heterocycles. The van der Waals surface area contributed by atoms with E-state index in [9.17, 15) is 39.9 Å². The highest BCUT2D eigenvalue weighted by Crippen LogP contribution is 2.68. The van der Waals surface area contributed by atoms with Crippen molar-refractivity contribution >= 4 is 17.7 Å². The molecule has 352 valence electrons. The van der Waals surface area contributed by atoms with Crippen LogP contribution in [-0.4, -0.2) is 137 Å². The van der Waals surface area contributed by atoms with Gasteiger partial charge in [0.2, 0.25) is 0 Å². The number of aliphatic hydroxyl groups excluding tert-OH is 4. The van der Waals surface area contributed by atoms with Crippen LogP contribution in [0.2, 0.25) is 0 Å². The molecule has 0 radical (unpaired) electrons. The summed E-state index contributed by atoms with van der Waals surface area (Å²) >= 11 is 0. The number of Topliss-reactive ketones (excluding diaryl/α,β-unsaturated/α-hetero) is 1. The Bertz CT molecular complexity index is 1820. The second kappa shape index (κ2) is 19.1. The van der Waals surface area contributed by atoms with Crippen molar-refractivity contribution in [2.24, 2.45) is 34.5 Å². The molecule has 2 saturated heterocycles. The smallest absolute Gasteiger partial charge is 0.338 e. The molecule has 5 N–H and O–H groups in total. The number of ketones is 1. The van der Waals surface area contributed by atoms with E-state index in [4.69, 9.17) is 37.9 Å². The van der Waals surface area contributed by atoms with Crippen molar-refractivity contribution < 1.29 is 77.8 Å². The topological polar surface area (TPSA) is 226 Å². The molecule has 17 unspecified atom stereocenters.